The first-order valence-corrected chi connectivity index (χ1v) is 7.05. The molecule has 20 heavy (non-hydrogen) atoms. The third-order valence-corrected chi connectivity index (χ3v) is 3.48. The van der Waals surface area contributed by atoms with Crippen LogP contribution in [0.2, 0.25) is 0 Å². The third kappa shape index (κ3) is 3.81. The van der Waals surface area contributed by atoms with Crippen LogP contribution in [0, 0.1) is 0 Å². The molecule has 5 heteroatoms. The fraction of sp³-hybridized carbons (Fsp3) is 0.200. The molecule has 0 atom stereocenters. The van der Waals surface area contributed by atoms with E-state index in [1.165, 1.54) is 0 Å². The van der Waals surface area contributed by atoms with Crippen LogP contribution in [0.25, 0.3) is 0 Å². The zero-order valence-electron chi connectivity index (χ0n) is 11.4. The molecule has 0 bridgehead atoms. The number of aryl methyl sites for hydroxylation is 1. The largest absolute Gasteiger partial charge is 0.354 e. The normalized spacial score (nSPS) is 11.4. The fourth-order valence-electron chi connectivity index (χ4n) is 1.81. The Morgan fingerprint density at radius 2 is 2.15 bits per heavy atom. The van der Waals surface area contributed by atoms with E-state index >= 15 is 0 Å². The highest BCUT2D eigenvalue weighted by Crippen LogP contribution is 2.12. The van der Waals surface area contributed by atoms with Crippen LogP contribution in [0.5, 0.6) is 0 Å². The first-order chi connectivity index (χ1) is 9.56. The molecule has 0 radical (unpaired) electrons. The van der Waals surface area contributed by atoms with E-state index < -0.39 is 0 Å². The average molecular weight is 334 g/mol. The second-order valence-corrected chi connectivity index (χ2v) is 5.45. The number of halogens is 1. The van der Waals surface area contributed by atoms with Gasteiger partial charge in [-0.3, -0.25) is 4.79 Å². The van der Waals surface area contributed by atoms with E-state index in [-0.39, 0.29) is 5.91 Å². The van der Waals surface area contributed by atoms with Gasteiger partial charge in [0.05, 0.1) is 12.1 Å². The van der Waals surface area contributed by atoms with Crippen molar-refractivity contribution in [2.75, 3.05) is 0 Å². The summed E-state index contributed by atoms with van der Waals surface area (Å²) < 4.78 is 2.91. The smallest absolute Gasteiger partial charge is 0.246 e. The standard InChI is InChI=1S/C15H16BrN3O/c1-11(12-5-3-6-13(16)9-12)17-18-15(20)10-14-7-4-8-19(14)2/h3-9H,10H2,1-2H3,(H,18,20)/b17-11-. The predicted octanol–water partition coefficient (Wildman–Crippen LogP) is 2.87. The summed E-state index contributed by atoms with van der Waals surface area (Å²) in [4.78, 5) is 11.8. The lowest BCUT2D eigenvalue weighted by molar-refractivity contribution is -0.120. The van der Waals surface area contributed by atoms with E-state index in [2.05, 4.69) is 26.5 Å². The Labute approximate surface area is 126 Å². The van der Waals surface area contributed by atoms with Crippen molar-refractivity contribution in [3.63, 3.8) is 0 Å². The van der Waals surface area contributed by atoms with Gasteiger partial charge in [-0.15, -0.1) is 0 Å². The Morgan fingerprint density at radius 3 is 2.80 bits per heavy atom. The highest BCUT2D eigenvalue weighted by Gasteiger charge is 2.05. The number of hydrogen-bond acceptors (Lipinski definition) is 2. The maximum absolute atomic E-state index is 11.8. The van der Waals surface area contributed by atoms with Gasteiger partial charge in [-0.2, -0.15) is 5.10 Å². The molecular weight excluding hydrogens is 318 g/mol. The van der Waals surface area contributed by atoms with E-state index in [0.717, 1.165) is 21.4 Å². The molecule has 1 heterocycles. The lowest BCUT2D eigenvalue weighted by Gasteiger charge is -2.04. The predicted molar refractivity (Wildman–Crippen MR) is 83.6 cm³/mol. The molecule has 2 aromatic rings. The number of amides is 1. The summed E-state index contributed by atoms with van der Waals surface area (Å²) in [6, 6.07) is 11.6. The molecule has 1 N–H and O–H groups in total. The lowest BCUT2D eigenvalue weighted by atomic mass is 10.1. The minimum atomic E-state index is -0.124. The van der Waals surface area contributed by atoms with Crippen molar-refractivity contribution in [3.05, 3.63) is 58.3 Å². The van der Waals surface area contributed by atoms with Gasteiger partial charge in [0.1, 0.15) is 0 Å². The summed E-state index contributed by atoms with van der Waals surface area (Å²) in [6.45, 7) is 1.87. The zero-order valence-corrected chi connectivity index (χ0v) is 13.0. The number of nitrogens with zero attached hydrogens (tertiary/aromatic N) is 2. The summed E-state index contributed by atoms with van der Waals surface area (Å²) >= 11 is 3.41. The maximum Gasteiger partial charge on any atom is 0.246 e. The molecule has 104 valence electrons. The van der Waals surface area contributed by atoms with Crippen molar-refractivity contribution in [2.24, 2.45) is 12.1 Å². The van der Waals surface area contributed by atoms with Crippen LogP contribution in [-0.4, -0.2) is 16.2 Å². The summed E-state index contributed by atoms with van der Waals surface area (Å²) in [5.74, 6) is -0.124. The first kappa shape index (κ1) is 14.5. The summed E-state index contributed by atoms with van der Waals surface area (Å²) in [6.07, 6.45) is 2.23. The quantitative estimate of drug-likeness (QED) is 0.678. The monoisotopic (exact) mass is 333 g/mol. The van der Waals surface area contributed by atoms with Gasteiger partial charge in [0.25, 0.3) is 0 Å². The van der Waals surface area contributed by atoms with Crippen LogP contribution in [0.1, 0.15) is 18.2 Å². The molecule has 0 aliphatic carbocycles. The summed E-state index contributed by atoms with van der Waals surface area (Å²) in [5.41, 5.74) is 5.28. The van der Waals surface area contributed by atoms with Gasteiger partial charge >= 0.3 is 0 Å². The Hall–Kier alpha value is -1.88. The topological polar surface area (TPSA) is 46.4 Å². The molecular formula is C15H16BrN3O. The van der Waals surface area contributed by atoms with E-state index in [4.69, 9.17) is 0 Å². The van der Waals surface area contributed by atoms with E-state index in [0.29, 0.717) is 6.42 Å². The molecule has 0 fully saturated rings. The van der Waals surface area contributed by atoms with Gasteiger partial charge < -0.3 is 4.57 Å². The summed E-state index contributed by atoms with van der Waals surface area (Å²) in [7, 11) is 1.92. The van der Waals surface area contributed by atoms with E-state index in [1.807, 2.05) is 61.1 Å². The first-order valence-electron chi connectivity index (χ1n) is 6.25. The van der Waals surface area contributed by atoms with Crippen molar-refractivity contribution in [1.29, 1.82) is 0 Å². The molecule has 4 nitrogen and oxygen atoms in total. The number of rotatable bonds is 4. The van der Waals surface area contributed by atoms with Crippen LogP contribution < -0.4 is 5.43 Å². The number of hydrogen-bond donors (Lipinski definition) is 1. The second-order valence-electron chi connectivity index (χ2n) is 4.53. The van der Waals surface area contributed by atoms with Crippen LogP contribution in [0.3, 0.4) is 0 Å². The molecule has 1 amide bonds. The molecule has 0 aliphatic rings. The van der Waals surface area contributed by atoms with Crippen LogP contribution in [0.4, 0.5) is 0 Å². The number of hydrazone groups is 1. The highest BCUT2D eigenvalue weighted by molar-refractivity contribution is 9.10. The fourth-order valence-corrected chi connectivity index (χ4v) is 2.21. The van der Waals surface area contributed by atoms with Gasteiger partial charge in [-0.25, -0.2) is 5.43 Å². The van der Waals surface area contributed by atoms with Gasteiger partial charge in [0, 0.05) is 23.4 Å². The maximum atomic E-state index is 11.8. The Kier molecular flexibility index (Phi) is 4.74. The van der Waals surface area contributed by atoms with Gasteiger partial charge in [0.2, 0.25) is 5.91 Å². The number of benzene rings is 1. The molecule has 0 unspecified atom stereocenters. The van der Waals surface area contributed by atoms with Gasteiger partial charge in [-0.05, 0) is 36.8 Å². The van der Waals surface area contributed by atoms with Crippen molar-refractivity contribution in [2.45, 2.75) is 13.3 Å². The minimum Gasteiger partial charge on any atom is -0.354 e. The number of carbonyl (C=O) groups is 1. The Morgan fingerprint density at radius 1 is 1.35 bits per heavy atom. The van der Waals surface area contributed by atoms with Crippen molar-refractivity contribution < 1.29 is 4.79 Å². The molecule has 1 aromatic carbocycles. The van der Waals surface area contributed by atoms with Gasteiger partial charge in [0.15, 0.2) is 0 Å². The molecule has 0 saturated heterocycles. The molecule has 0 aliphatic heterocycles. The molecule has 1 aromatic heterocycles. The van der Waals surface area contributed by atoms with Gasteiger partial charge in [-0.1, -0.05) is 28.1 Å². The van der Waals surface area contributed by atoms with Crippen molar-refractivity contribution in [3.8, 4) is 0 Å². The third-order valence-electron chi connectivity index (χ3n) is 2.98. The molecule has 0 spiro atoms. The van der Waals surface area contributed by atoms with Crippen LogP contribution in [-0.2, 0) is 18.3 Å². The van der Waals surface area contributed by atoms with Crippen LogP contribution in [0.15, 0.2) is 52.2 Å². The average Bonchev–Trinajstić information content (AvgIpc) is 2.81. The number of aromatic nitrogens is 1. The SMILES string of the molecule is C/C(=N/NC(=O)Cc1cccn1C)c1cccc(Br)c1. The molecule has 0 saturated carbocycles. The number of carbonyl (C=O) groups excluding carboxylic acids is 1. The zero-order chi connectivity index (χ0) is 14.5. The highest BCUT2D eigenvalue weighted by atomic mass is 79.9. The van der Waals surface area contributed by atoms with E-state index in [9.17, 15) is 4.79 Å². The molecule has 2 rings (SSSR count). The Bertz CT molecular complexity index is 646. The second kappa shape index (κ2) is 6.52. The van der Waals surface area contributed by atoms with E-state index in [1.54, 1.807) is 0 Å². The van der Waals surface area contributed by atoms with Crippen molar-refractivity contribution >= 4 is 27.5 Å². The number of nitrogens with one attached hydrogen (secondary N) is 1. The summed E-state index contributed by atoms with van der Waals surface area (Å²) in [5, 5.41) is 4.13. The van der Waals surface area contributed by atoms with Crippen LogP contribution >= 0.6 is 15.9 Å². The minimum absolute atomic E-state index is 0.124. The Balaban J connectivity index is 1.98. The lowest BCUT2D eigenvalue weighted by Crippen LogP contribution is -2.22. The van der Waals surface area contributed by atoms with Crippen molar-refractivity contribution in [1.82, 2.24) is 9.99 Å².